The maximum absolute atomic E-state index is 12.9. The number of esters is 1. The first-order valence-corrected chi connectivity index (χ1v) is 9.31. The minimum Gasteiger partial charge on any atom is -0.446 e. The van der Waals surface area contributed by atoms with Gasteiger partial charge >= 0.3 is 5.97 Å². The number of likely N-dealkylation sites (tertiary alicyclic amines) is 1. The van der Waals surface area contributed by atoms with Crippen molar-refractivity contribution in [3.05, 3.63) is 71.8 Å². The maximum atomic E-state index is 12.9. The zero-order chi connectivity index (χ0) is 17.6. The van der Waals surface area contributed by atoms with Crippen molar-refractivity contribution in [1.29, 1.82) is 0 Å². The second kappa shape index (κ2) is 8.30. The Morgan fingerprint density at radius 1 is 0.880 bits per heavy atom. The molecule has 4 nitrogen and oxygen atoms in total. The summed E-state index contributed by atoms with van der Waals surface area (Å²) in [6, 6.07) is 18.5. The van der Waals surface area contributed by atoms with Crippen LogP contribution >= 0.6 is 15.9 Å². The molecular formula is C20H20BrNO3. The van der Waals surface area contributed by atoms with E-state index in [9.17, 15) is 9.59 Å². The first-order valence-electron chi connectivity index (χ1n) is 8.40. The predicted octanol–water partition coefficient (Wildman–Crippen LogP) is 4.03. The highest BCUT2D eigenvalue weighted by atomic mass is 79.9. The van der Waals surface area contributed by atoms with E-state index in [0.717, 1.165) is 31.5 Å². The van der Waals surface area contributed by atoms with Gasteiger partial charge in [0.2, 0.25) is 6.10 Å². The van der Waals surface area contributed by atoms with Crippen LogP contribution in [0.4, 0.5) is 0 Å². The number of rotatable bonds is 5. The Balaban J connectivity index is 1.79. The number of benzene rings is 2. The van der Waals surface area contributed by atoms with E-state index in [-0.39, 0.29) is 5.91 Å². The molecule has 1 amide bonds. The van der Waals surface area contributed by atoms with E-state index >= 15 is 0 Å². The summed E-state index contributed by atoms with van der Waals surface area (Å²) in [7, 11) is 0. The Morgan fingerprint density at radius 3 is 1.96 bits per heavy atom. The third kappa shape index (κ3) is 4.28. The van der Waals surface area contributed by atoms with Gasteiger partial charge in [-0.3, -0.25) is 9.59 Å². The standard InChI is InChI=1S/C20H20BrNO3/c21-17(15-9-3-1-4-10-15)20(24)25-18(16-11-5-2-6-12-16)19(23)22-13-7-8-14-22/h1-6,9-12,17-18H,7-8,13-14H2/t17?,18-/m0/s1. The fourth-order valence-electron chi connectivity index (χ4n) is 2.93. The second-order valence-electron chi connectivity index (χ2n) is 6.03. The summed E-state index contributed by atoms with van der Waals surface area (Å²) >= 11 is 3.39. The molecule has 1 unspecified atom stereocenters. The number of hydrogen-bond donors (Lipinski definition) is 0. The number of alkyl halides is 1. The summed E-state index contributed by atoms with van der Waals surface area (Å²) in [4.78, 5) is 26.6. The molecule has 1 fully saturated rings. The van der Waals surface area contributed by atoms with Crippen molar-refractivity contribution in [2.75, 3.05) is 13.1 Å². The Hall–Kier alpha value is -2.14. The molecule has 3 rings (SSSR count). The van der Waals surface area contributed by atoms with Gasteiger partial charge in [0.1, 0.15) is 4.83 Å². The fourth-order valence-corrected chi connectivity index (χ4v) is 3.34. The number of amides is 1. The van der Waals surface area contributed by atoms with E-state index < -0.39 is 16.9 Å². The quantitative estimate of drug-likeness (QED) is 0.561. The van der Waals surface area contributed by atoms with Gasteiger partial charge in [0.25, 0.3) is 5.91 Å². The van der Waals surface area contributed by atoms with Gasteiger partial charge in [-0.2, -0.15) is 0 Å². The van der Waals surface area contributed by atoms with Crippen LogP contribution in [-0.2, 0) is 14.3 Å². The van der Waals surface area contributed by atoms with Crippen molar-refractivity contribution >= 4 is 27.8 Å². The summed E-state index contributed by atoms with van der Waals surface area (Å²) in [5.74, 6) is -0.614. The molecule has 25 heavy (non-hydrogen) atoms. The zero-order valence-electron chi connectivity index (χ0n) is 13.8. The number of halogens is 1. The first-order chi connectivity index (χ1) is 12.2. The van der Waals surface area contributed by atoms with Crippen molar-refractivity contribution in [3.63, 3.8) is 0 Å². The molecule has 0 N–H and O–H groups in total. The van der Waals surface area contributed by atoms with E-state index in [1.807, 2.05) is 60.7 Å². The van der Waals surface area contributed by atoms with E-state index in [4.69, 9.17) is 4.74 Å². The van der Waals surface area contributed by atoms with Gasteiger partial charge in [-0.15, -0.1) is 0 Å². The van der Waals surface area contributed by atoms with E-state index in [1.165, 1.54) is 0 Å². The normalized spacial score (nSPS) is 16.3. The molecule has 0 spiro atoms. The number of hydrogen-bond acceptors (Lipinski definition) is 3. The Kier molecular flexibility index (Phi) is 5.87. The minimum absolute atomic E-state index is 0.148. The van der Waals surface area contributed by atoms with Crippen molar-refractivity contribution in [2.45, 2.75) is 23.8 Å². The number of nitrogens with zero attached hydrogens (tertiary/aromatic N) is 1. The molecule has 2 atom stereocenters. The van der Waals surface area contributed by atoms with Crippen molar-refractivity contribution in [1.82, 2.24) is 4.90 Å². The fraction of sp³-hybridized carbons (Fsp3) is 0.300. The summed E-state index contributed by atoms with van der Waals surface area (Å²) in [5.41, 5.74) is 1.49. The van der Waals surface area contributed by atoms with Gasteiger partial charge in [-0.1, -0.05) is 76.6 Å². The molecule has 5 heteroatoms. The molecule has 0 aliphatic carbocycles. The van der Waals surface area contributed by atoms with Crippen LogP contribution in [0.5, 0.6) is 0 Å². The van der Waals surface area contributed by atoms with Gasteiger partial charge in [0, 0.05) is 18.7 Å². The highest BCUT2D eigenvalue weighted by Crippen LogP contribution is 2.29. The van der Waals surface area contributed by atoms with Crippen LogP contribution in [0.25, 0.3) is 0 Å². The molecule has 0 saturated carbocycles. The summed E-state index contributed by atoms with van der Waals surface area (Å²) in [5, 5.41) is 0. The van der Waals surface area contributed by atoms with Crippen molar-refractivity contribution < 1.29 is 14.3 Å². The van der Waals surface area contributed by atoms with Crippen LogP contribution in [0.2, 0.25) is 0 Å². The van der Waals surface area contributed by atoms with Crippen LogP contribution in [0.3, 0.4) is 0 Å². The second-order valence-corrected chi connectivity index (χ2v) is 6.95. The predicted molar refractivity (Wildman–Crippen MR) is 99.2 cm³/mol. The lowest BCUT2D eigenvalue weighted by atomic mass is 10.1. The first kappa shape index (κ1) is 17.7. The van der Waals surface area contributed by atoms with Gasteiger partial charge in [0.15, 0.2) is 0 Å². The molecule has 2 aromatic rings. The lowest BCUT2D eigenvalue weighted by Crippen LogP contribution is -2.35. The van der Waals surface area contributed by atoms with E-state index in [2.05, 4.69) is 15.9 Å². The molecule has 1 aliphatic heterocycles. The molecule has 0 radical (unpaired) electrons. The van der Waals surface area contributed by atoms with Crippen molar-refractivity contribution in [3.8, 4) is 0 Å². The molecule has 1 saturated heterocycles. The topological polar surface area (TPSA) is 46.6 Å². The van der Waals surface area contributed by atoms with Crippen LogP contribution in [0, 0.1) is 0 Å². The van der Waals surface area contributed by atoms with E-state index in [1.54, 1.807) is 4.90 Å². The van der Waals surface area contributed by atoms with Crippen LogP contribution in [0.15, 0.2) is 60.7 Å². The summed E-state index contributed by atoms with van der Waals surface area (Å²) in [6.45, 7) is 1.44. The Bertz CT molecular complexity index is 714. The molecule has 1 aliphatic rings. The smallest absolute Gasteiger partial charge is 0.325 e. The summed E-state index contributed by atoms with van der Waals surface area (Å²) < 4.78 is 5.65. The van der Waals surface area contributed by atoms with E-state index in [0.29, 0.717) is 5.56 Å². The van der Waals surface area contributed by atoms with Crippen LogP contribution in [0.1, 0.15) is 34.9 Å². The largest absolute Gasteiger partial charge is 0.446 e. The van der Waals surface area contributed by atoms with Crippen molar-refractivity contribution in [2.24, 2.45) is 0 Å². The minimum atomic E-state index is -0.907. The van der Waals surface area contributed by atoms with Gasteiger partial charge in [-0.05, 0) is 18.4 Å². The average Bonchev–Trinajstić information content (AvgIpc) is 3.21. The van der Waals surface area contributed by atoms with Gasteiger partial charge in [0.05, 0.1) is 0 Å². The number of carbonyl (C=O) groups excluding carboxylic acids is 2. The Morgan fingerprint density at radius 2 is 1.40 bits per heavy atom. The third-order valence-corrected chi connectivity index (χ3v) is 5.18. The SMILES string of the molecule is O=C(O[C@H](C(=O)N1CCCC1)c1ccccc1)C(Br)c1ccccc1. The lowest BCUT2D eigenvalue weighted by Gasteiger charge is -2.24. The number of ether oxygens (including phenoxy) is 1. The van der Waals surface area contributed by atoms with Crippen LogP contribution in [-0.4, -0.2) is 29.9 Å². The molecule has 130 valence electrons. The van der Waals surface area contributed by atoms with Crippen LogP contribution < -0.4 is 0 Å². The highest BCUT2D eigenvalue weighted by molar-refractivity contribution is 9.09. The third-order valence-electron chi connectivity index (χ3n) is 4.28. The van der Waals surface area contributed by atoms with Gasteiger partial charge in [-0.25, -0.2) is 0 Å². The van der Waals surface area contributed by atoms with Gasteiger partial charge < -0.3 is 9.64 Å². The zero-order valence-corrected chi connectivity index (χ0v) is 15.4. The molecule has 2 aromatic carbocycles. The monoisotopic (exact) mass is 401 g/mol. The average molecular weight is 402 g/mol. The Labute approximate surface area is 155 Å². The molecule has 0 aromatic heterocycles. The lowest BCUT2D eigenvalue weighted by molar-refractivity contribution is -0.160. The highest BCUT2D eigenvalue weighted by Gasteiger charge is 2.32. The summed E-state index contributed by atoms with van der Waals surface area (Å²) in [6.07, 6.45) is 1.08. The number of carbonyl (C=O) groups is 2. The molecular weight excluding hydrogens is 382 g/mol. The molecule has 0 bridgehead atoms. The molecule has 1 heterocycles. The maximum Gasteiger partial charge on any atom is 0.325 e.